The van der Waals surface area contributed by atoms with Gasteiger partial charge in [0, 0.05) is 37.9 Å². The number of hydrogen-bond acceptors (Lipinski definition) is 3. The van der Waals surface area contributed by atoms with Crippen LogP contribution in [0.3, 0.4) is 0 Å². The summed E-state index contributed by atoms with van der Waals surface area (Å²) in [5, 5.41) is 6.94. The lowest BCUT2D eigenvalue weighted by molar-refractivity contribution is 0.258. The van der Waals surface area contributed by atoms with Gasteiger partial charge in [0.15, 0.2) is 5.96 Å². The second-order valence-electron chi connectivity index (χ2n) is 7.04. The molecule has 146 valence electrons. The van der Waals surface area contributed by atoms with Gasteiger partial charge in [-0.25, -0.2) is 0 Å². The van der Waals surface area contributed by atoms with Crippen molar-refractivity contribution in [2.45, 2.75) is 45.4 Å². The van der Waals surface area contributed by atoms with Gasteiger partial charge in [0.1, 0.15) is 0 Å². The Bertz CT molecular complexity index is 734. The van der Waals surface area contributed by atoms with Crippen molar-refractivity contribution in [1.29, 1.82) is 0 Å². The van der Waals surface area contributed by atoms with Crippen molar-refractivity contribution in [3.63, 3.8) is 0 Å². The number of halogens is 1. The Balaban J connectivity index is 0.00000261. The average Bonchev–Trinajstić information content (AvgIpc) is 2.98. The number of nitrogens with zero attached hydrogens (tertiary/aromatic N) is 3. The lowest BCUT2D eigenvalue weighted by Gasteiger charge is -2.21. The maximum atomic E-state index is 4.53. The van der Waals surface area contributed by atoms with Crippen molar-refractivity contribution >= 4 is 29.9 Å². The van der Waals surface area contributed by atoms with Gasteiger partial charge in [0.05, 0.1) is 12.2 Å². The smallest absolute Gasteiger partial charge is 0.191 e. The van der Waals surface area contributed by atoms with Gasteiger partial charge in [0.2, 0.25) is 0 Å². The summed E-state index contributed by atoms with van der Waals surface area (Å²) in [6.45, 7) is 7.02. The first kappa shape index (κ1) is 21.6. The number of nitrogens with one attached hydrogen (secondary N) is 2. The topological polar surface area (TPSA) is 52.6 Å². The molecule has 1 aliphatic rings. The molecule has 2 N–H and O–H groups in total. The number of benzene rings is 1. The largest absolute Gasteiger partial charge is 0.352 e. The van der Waals surface area contributed by atoms with E-state index in [0.29, 0.717) is 18.6 Å². The number of aromatic nitrogens is 1. The molecule has 2 aromatic rings. The molecule has 5 nitrogen and oxygen atoms in total. The number of guanidine groups is 1. The van der Waals surface area contributed by atoms with Crippen LogP contribution in [-0.4, -0.2) is 41.5 Å². The van der Waals surface area contributed by atoms with Gasteiger partial charge in [-0.05, 0) is 38.0 Å². The van der Waals surface area contributed by atoms with E-state index in [2.05, 4.69) is 62.8 Å². The van der Waals surface area contributed by atoms with Gasteiger partial charge < -0.3 is 10.6 Å². The highest BCUT2D eigenvalue weighted by Gasteiger charge is 2.29. The predicted molar refractivity (Wildman–Crippen MR) is 122 cm³/mol. The molecule has 0 bridgehead atoms. The molecule has 0 saturated carbocycles. The molecule has 0 aliphatic carbocycles. The molecule has 2 atom stereocenters. The van der Waals surface area contributed by atoms with Crippen LogP contribution in [0.2, 0.25) is 0 Å². The summed E-state index contributed by atoms with van der Waals surface area (Å²) in [4.78, 5) is 11.4. The molecule has 1 fully saturated rings. The molecule has 2 unspecified atom stereocenters. The molecule has 27 heavy (non-hydrogen) atoms. The second-order valence-corrected chi connectivity index (χ2v) is 7.04. The van der Waals surface area contributed by atoms with E-state index in [1.54, 1.807) is 0 Å². The fraction of sp³-hybridized carbons (Fsp3) is 0.429. The van der Waals surface area contributed by atoms with Crippen LogP contribution in [-0.2, 0) is 13.1 Å². The van der Waals surface area contributed by atoms with Crippen LogP contribution in [0.1, 0.15) is 30.3 Å². The van der Waals surface area contributed by atoms with E-state index in [1.807, 2.05) is 32.2 Å². The van der Waals surface area contributed by atoms with Crippen molar-refractivity contribution in [2.24, 2.45) is 4.99 Å². The molecule has 0 radical (unpaired) electrons. The Morgan fingerprint density at radius 2 is 1.96 bits per heavy atom. The summed E-state index contributed by atoms with van der Waals surface area (Å²) in [6, 6.07) is 17.7. The number of aliphatic imine (C=N–C) groups is 1. The standard InChI is InChI=1S/C21H29N5.HI/c1-16-8-7-11-19(24-16)13-23-21(22-3)25-20-12-17(2)26(15-20)14-18-9-5-4-6-10-18;/h4-11,17,20H,12-15H2,1-3H3,(H2,22,23,25);1H. The first-order valence-corrected chi connectivity index (χ1v) is 9.31. The summed E-state index contributed by atoms with van der Waals surface area (Å²) in [7, 11) is 1.82. The number of hydrogen-bond donors (Lipinski definition) is 2. The first-order chi connectivity index (χ1) is 12.6. The molecule has 1 aromatic carbocycles. The van der Waals surface area contributed by atoms with Crippen LogP contribution in [0.25, 0.3) is 0 Å². The summed E-state index contributed by atoms with van der Waals surface area (Å²) < 4.78 is 0. The molecule has 1 aromatic heterocycles. The van der Waals surface area contributed by atoms with Gasteiger partial charge in [-0.2, -0.15) is 0 Å². The lowest BCUT2D eigenvalue weighted by atomic mass is 10.2. The predicted octanol–water partition coefficient (Wildman–Crippen LogP) is 3.34. The minimum Gasteiger partial charge on any atom is -0.352 e. The highest BCUT2D eigenvalue weighted by molar-refractivity contribution is 14.0. The summed E-state index contributed by atoms with van der Waals surface area (Å²) in [6.07, 6.45) is 1.12. The second kappa shape index (κ2) is 10.6. The molecule has 3 rings (SSSR count). The third-order valence-electron chi connectivity index (χ3n) is 4.88. The fourth-order valence-electron chi connectivity index (χ4n) is 3.50. The van der Waals surface area contributed by atoms with E-state index in [4.69, 9.17) is 0 Å². The Morgan fingerprint density at radius 1 is 1.19 bits per heavy atom. The molecular weight excluding hydrogens is 449 g/mol. The summed E-state index contributed by atoms with van der Waals surface area (Å²) >= 11 is 0. The number of likely N-dealkylation sites (tertiary alicyclic amines) is 1. The average molecular weight is 479 g/mol. The van der Waals surface area contributed by atoms with Gasteiger partial charge in [-0.3, -0.25) is 14.9 Å². The maximum absolute atomic E-state index is 4.53. The zero-order valence-electron chi connectivity index (χ0n) is 16.4. The molecule has 1 saturated heterocycles. The maximum Gasteiger partial charge on any atom is 0.191 e. The minimum absolute atomic E-state index is 0. The van der Waals surface area contributed by atoms with Crippen LogP contribution in [0.4, 0.5) is 0 Å². The van der Waals surface area contributed by atoms with E-state index in [9.17, 15) is 0 Å². The third kappa shape index (κ3) is 6.46. The highest BCUT2D eigenvalue weighted by atomic mass is 127. The number of pyridine rings is 1. The van der Waals surface area contributed by atoms with Crippen molar-refractivity contribution in [3.05, 3.63) is 65.5 Å². The van der Waals surface area contributed by atoms with E-state index < -0.39 is 0 Å². The molecular formula is C21H30IN5. The number of rotatable bonds is 5. The van der Waals surface area contributed by atoms with Crippen LogP contribution < -0.4 is 10.6 Å². The molecule has 0 amide bonds. The quantitative estimate of drug-likeness (QED) is 0.393. The molecule has 1 aliphatic heterocycles. The SMILES string of the molecule is CN=C(NCc1cccc(C)n1)NC1CC(C)N(Cc2ccccc2)C1.I. The van der Waals surface area contributed by atoms with Crippen molar-refractivity contribution in [2.75, 3.05) is 13.6 Å². The Kier molecular flexibility index (Phi) is 8.50. The molecule has 6 heteroatoms. The van der Waals surface area contributed by atoms with Gasteiger partial charge in [-0.15, -0.1) is 24.0 Å². The summed E-state index contributed by atoms with van der Waals surface area (Å²) in [5.74, 6) is 0.840. The van der Waals surface area contributed by atoms with Gasteiger partial charge in [-0.1, -0.05) is 36.4 Å². The third-order valence-corrected chi connectivity index (χ3v) is 4.88. The van der Waals surface area contributed by atoms with E-state index >= 15 is 0 Å². The zero-order chi connectivity index (χ0) is 18.4. The van der Waals surface area contributed by atoms with Crippen LogP contribution in [0, 0.1) is 6.92 Å². The fourth-order valence-corrected chi connectivity index (χ4v) is 3.50. The molecule has 2 heterocycles. The minimum atomic E-state index is 0. The Hall–Kier alpha value is -1.67. The zero-order valence-corrected chi connectivity index (χ0v) is 18.7. The van der Waals surface area contributed by atoms with Crippen LogP contribution in [0.15, 0.2) is 53.5 Å². The molecule has 0 spiro atoms. The van der Waals surface area contributed by atoms with Gasteiger partial charge in [0.25, 0.3) is 0 Å². The normalized spacial score (nSPS) is 20.2. The van der Waals surface area contributed by atoms with Crippen molar-refractivity contribution in [1.82, 2.24) is 20.5 Å². The van der Waals surface area contributed by atoms with Crippen molar-refractivity contribution < 1.29 is 0 Å². The van der Waals surface area contributed by atoms with Crippen LogP contribution >= 0.6 is 24.0 Å². The van der Waals surface area contributed by atoms with E-state index in [1.165, 1.54) is 5.56 Å². The van der Waals surface area contributed by atoms with E-state index in [-0.39, 0.29) is 24.0 Å². The lowest BCUT2D eigenvalue weighted by Crippen LogP contribution is -2.44. The summed E-state index contributed by atoms with van der Waals surface area (Å²) in [5.41, 5.74) is 3.43. The highest BCUT2D eigenvalue weighted by Crippen LogP contribution is 2.20. The Morgan fingerprint density at radius 3 is 2.67 bits per heavy atom. The number of aryl methyl sites for hydroxylation is 1. The van der Waals surface area contributed by atoms with Gasteiger partial charge >= 0.3 is 0 Å². The Labute approximate surface area is 179 Å². The monoisotopic (exact) mass is 479 g/mol. The first-order valence-electron chi connectivity index (χ1n) is 9.31. The van der Waals surface area contributed by atoms with Crippen LogP contribution in [0.5, 0.6) is 0 Å². The van der Waals surface area contributed by atoms with E-state index in [0.717, 1.165) is 36.9 Å². The van der Waals surface area contributed by atoms with Crippen molar-refractivity contribution in [3.8, 4) is 0 Å².